The molecule has 0 saturated carbocycles. The summed E-state index contributed by atoms with van der Waals surface area (Å²) >= 11 is 12.0. The summed E-state index contributed by atoms with van der Waals surface area (Å²) in [6.07, 6.45) is 1.90. The molecule has 4 heteroatoms. The number of carbonyl (C=O) groups is 1. The SMILES string of the molecule is O=C(Cn1ccc2ccccc21)c1cc(Cl)ccc1Cl. The molecule has 0 fully saturated rings. The summed E-state index contributed by atoms with van der Waals surface area (Å²) in [5.41, 5.74) is 1.48. The van der Waals surface area contributed by atoms with Gasteiger partial charge in [-0.05, 0) is 35.7 Å². The van der Waals surface area contributed by atoms with Crippen LogP contribution in [0.15, 0.2) is 54.7 Å². The quantitative estimate of drug-likeness (QED) is 0.635. The number of para-hydroxylation sites is 1. The van der Waals surface area contributed by atoms with Crippen LogP contribution >= 0.6 is 23.2 Å². The number of halogens is 2. The number of carbonyl (C=O) groups excluding carboxylic acids is 1. The molecule has 1 aromatic heterocycles. The van der Waals surface area contributed by atoms with Crippen molar-refractivity contribution < 1.29 is 4.79 Å². The van der Waals surface area contributed by atoms with Crippen molar-refractivity contribution in [1.82, 2.24) is 4.57 Å². The molecule has 0 bridgehead atoms. The third kappa shape index (κ3) is 2.45. The minimum Gasteiger partial charge on any atom is -0.340 e. The van der Waals surface area contributed by atoms with Gasteiger partial charge in [-0.15, -0.1) is 0 Å². The van der Waals surface area contributed by atoms with Crippen LogP contribution in [0.3, 0.4) is 0 Å². The van der Waals surface area contributed by atoms with Crippen molar-refractivity contribution in [1.29, 1.82) is 0 Å². The zero-order valence-corrected chi connectivity index (χ0v) is 12.0. The van der Waals surface area contributed by atoms with Crippen molar-refractivity contribution in [2.45, 2.75) is 6.54 Å². The minimum absolute atomic E-state index is 0.0566. The van der Waals surface area contributed by atoms with Gasteiger partial charge in [0.05, 0.1) is 11.6 Å². The summed E-state index contributed by atoms with van der Waals surface area (Å²) in [7, 11) is 0. The lowest BCUT2D eigenvalue weighted by atomic mass is 10.1. The fraction of sp³-hybridized carbons (Fsp3) is 0.0625. The molecule has 0 saturated heterocycles. The number of aromatic nitrogens is 1. The van der Waals surface area contributed by atoms with Crippen LogP contribution in [-0.4, -0.2) is 10.4 Å². The molecular weight excluding hydrogens is 293 g/mol. The van der Waals surface area contributed by atoms with Crippen LogP contribution in [0.5, 0.6) is 0 Å². The standard InChI is InChI=1S/C16H11Cl2NO/c17-12-5-6-14(18)13(9-12)16(20)10-19-8-7-11-3-1-2-4-15(11)19/h1-9H,10H2. The van der Waals surface area contributed by atoms with Crippen LogP contribution in [0.4, 0.5) is 0 Å². The van der Waals surface area contributed by atoms with E-state index in [1.807, 2.05) is 41.1 Å². The summed E-state index contributed by atoms with van der Waals surface area (Å²) < 4.78 is 1.91. The van der Waals surface area contributed by atoms with E-state index in [4.69, 9.17) is 23.2 Å². The van der Waals surface area contributed by atoms with E-state index in [1.165, 1.54) is 0 Å². The Labute approximate surface area is 126 Å². The van der Waals surface area contributed by atoms with Crippen LogP contribution in [-0.2, 0) is 6.54 Å². The van der Waals surface area contributed by atoms with E-state index in [0.717, 1.165) is 10.9 Å². The summed E-state index contributed by atoms with van der Waals surface area (Å²) in [5, 5.41) is 2.04. The van der Waals surface area contributed by atoms with Crippen molar-refractivity contribution in [2.24, 2.45) is 0 Å². The maximum Gasteiger partial charge on any atom is 0.184 e. The third-order valence-corrected chi connectivity index (χ3v) is 3.79. The molecule has 0 atom stereocenters. The Morgan fingerprint density at radius 2 is 1.85 bits per heavy atom. The molecule has 0 amide bonds. The predicted molar refractivity (Wildman–Crippen MR) is 82.7 cm³/mol. The maximum absolute atomic E-state index is 12.4. The Hall–Kier alpha value is -1.77. The number of nitrogens with zero attached hydrogens (tertiary/aromatic N) is 1. The van der Waals surface area contributed by atoms with Gasteiger partial charge in [-0.1, -0.05) is 41.4 Å². The van der Waals surface area contributed by atoms with E-state index >= 15 is 0 Å². The molecule has 0 aliphatic rings. The van der Waals surface area contributed by atoms with E-state index in [9.17, 15) is 4.79 Å². The van der Waals surface area contributed by atoms with Gasteiger partial charge in [0, 0.05) is 22.3 Å². The smallest absolute Gasteiger partial charge is 0.184 e. The van der Waals surface area contributed by atoms with Crippen LogP contribution in [0.2, 0.25) is 10.0 Å². The molecule has 20 heavy (non-hydrogen) atoms. The first kappa shape index (κ1) is 13.2. The second-order valence-corrected chi connectivity index (χ2v) is 5.39. The molecule has 0 aliphatic carbocycles. The lowest BCUT2D eigenvalue weighted by Gasteiger charge is -2.07. The number of Topliss-reactive ketones (excluding diaryl/α,β-unsaturated/α-hetero) is 1. The second kappa shape index (κ2) is 5.31. The molecule has 2 aromatic carbocycles. The topological polar surface area (TPSA) is 22.0 Å². The largest absolute Gasteiger partial charge is 0.340 e. The van der Waals surface area contributed by atoms with Gasteiger partial charge in [-0.2, -0.15) is 0 Å². The summed E-state index contributed by atoms with van der Waals surface area (Å²) in [4.78, 5) is 12.4. The maximum atomic E-state index is 12.4. The Balaban J connectivity index is 1.94. The van der Waals surface area contributed by atoms with Gasteiger partial charge in [-0.25, -0.2) is 0 Å². The molecule has 3 rings (SSSR count). The van der Waals surface area contributed by atoms with Crippen LogP contribution in [0.25, 0.3) is 10.9 Å². The molecule has 1 heterocycles. The third-order valence-electron chi connectivity index (χ3n) is 3.22. The van der Waals surface area contributed by atoms with Crippen molar-refractivity contribution in [3.8, 4) is 0 Å². The number of ketones is 1. The monoisotopic (exact) mass is 303 g/mol. The molecule has 0 aliphatic heterocycles. The van der Waals surface area contributed by atoms with Gasteiger partial charge < -0.3 is 4.57 Å². The molecule has 0 unspecified atom stereocenters. The zero-order valence-electron chi connectivity index (χ0n) is 10.5. The van der Waals surface area contributed by atoms with Gasteiger partial charge in [-0.3, -0.25) is 4.79 Å². The van der Waals surface area contributed by atoms with Crippen molar-refractivity contribution >= 4 is 39.9 Å². The van der Waals surface area contributed by atoms with E-state index in [-0.39, 0.29) is 12.3 Å². The first-order valence-electron chi connectivity index (χ1n) is 6.17. The molecule has 3 aromatic rings. The fourth-order valence-electron chi connectivity index (χ4n) is 2.23. The predicted octanol–water partition coefficient (Wildman–Crippen LogP) is 4.83. The molecule has 100 valence electrons. The van der Waals surface area contributed by atoms with Gasteiger partial charge in [0.1, 0.15) is 0 Å². The average molecular weight is 304 g/mol. The molecule has 0 spiro atoms. The van der Waals surface area contributed by atoms with Gasteiger partial charge >= 0.3 is 0 Å². The zero-order chi connectivity index (χ0) is 14.1. The number of rotatable bonds is 3. The van der Waals surface area contributed by atoms with Crippen LogP contribution in [0.1, 0.15) is 10.4 Å². The highest BCUT2D eigenvalue weighted by Gasteiger charge is 2.12. The summed E-state index contributed by atoms with van der Waals surface area (Å²) in [6, 6.07) is 14.8. The summed E-state index contributed by atoms with van der Waals surface area (Å²) in [5.74, 6) is -0.0566. The Bertz CT molecular complexity index is 792. The van der Waals surface area contributed by atoms with Crippen molar-refractivity contribution in [3.63, 3.8) is 0 Å². The van der Waals surface area contributed by atoms with Crippen molar-refractivity contribution in [2.75, 3.05) is 0 Å². The summed E-state index contributed by atoms with van der Waals surface area (Å²) in [6.45, 7) is 0.244. The first-order valence-corrected chi connectivity index (χ1v) is 6.93. The molecular formula is C16H11Cl2NO. The van der Waals surface area contributed by atoms with Crippen molar-refractivity contribution in [3.05, 3.63) is 70.3 Å². The van der Waals surface area contributed by atoms with Crippen LogP contribution in [0, 0.1) is 0 Å². The van der Waals surface area contributed by atoms with Gasteiger partial charge in [0.25, 0.3) is 0 Å². The Morgan fingerprint density at radius 3 is 2.70 bits per heavy atom. The second-order valence-electron chi connectivity index (χ2n) is 4.55. The number of hydrogen-bond acceptors (Lipinski definition) is 1. The van der Waals surface area contributed by atoms with Crippen LogP contribution < -0.4 is 0 Å². The fourth-order valence-corrected chi connectivity index (χ4v) is 2.62. The average Bonchev–Trinajstić information content (AvgIpc) is 2.85. The minimum atomic E-state index is -0.0566. The Morgan fingerprint density at radius 1 is 1.05 bits per heavy atom. The lowest BCUT2D eigenvalue weighted by Crippen LogP contribution is -2.10. The molecule has 0 N–H and O–H groups in total. The number of fused-ring (bicyclic) bond motifs is 1. The highest BCUT2D eigenvalue weighted by atomic mass is 35.5. The van der Waals surface area contributed by atoms with Gasteiger partial charge in [0.15, 0.2) is 5.78 Å². The normalized spacial score (nSPS) is 10.9. The first-order chi connectivity index (χ1) is 9.65. The Kier molecular flexibility index (Phi) is 3.51. The number of benzene rings is 2. The van der Waals surface area contributed by atoms with Gasteiger partial charge in [0.2, 0.25) is 0 Å². The molecule has 0 radical (unpaired) electrons. The van der Waals surface area contributed by atoms with E-state index in [2.05, 4.69) is 0 Å². The highest BCUT2D eigenvalue weighted by molar-refractivity contribution is 6.35. The van der Waals surface area contributed by atoms with E-state index in [0.29, 0.717) is 15.6 Å². The van der Waals surface area contributed by atoms with E-state index < -0.39 is 0 Å². The lowest BCUT2D eigenvalue weighted by molar-refractivity contribution is 0.0974. The highest BCUT2D eigenvalue weighted by Crippen LogP contribution is 2.22. The molecule has 2 nitrogen and oxygen atoms in total. The number of hydrogen-bond donors (Lipinski definition) is 0. The van der Waals surface area contributed by atoms with E-state index in [1.54, 1.807) is 18.2 Å².